The van der Waals surface area contributed by atoms with Crippen molar-refractivity contribution in [2.45, 2.75) is 37.5 Å². The molecule has 2 aliphatic rings. The summed E-state index contributed by atoms with van der Waals surface area (Å²) in [6.07, 6.45) is -2.60. The molecule has 0 bridgehead atoms. The predicted molar refractivity (Wildman–Crippen MR) is 123 cm³/mol. The molecular weight excluding hydrogens is 508 g/mol. The Balaban J connectivity index is 1.57. The highest BCUT2D eigenvalue weighted by Gasteiger charge is 2.43. The molecule has 0 saturated carbocycles. The quantitative estimate of drug-likeness (QED) is 0.503. The lowest BCUT2D eigenvalue weighted by molar-refractivity contribution is -0.149. The van der Waals surface area contributed by atoms with Crippen LogP contribution in [0.1, 0.15) is 24.8 Å². The first kappa shape index (κ1) is 25.7. The van der Waals surface area contributed by atoms with E-state index in [1.165, 1.54) is 15.9 Å². The molecular formula is C22H23ClF4N6O3. The molecule has 1 aromatic heterocycles. The standard InChI is InChI=1S/C22H23ClF4N6O3/c23-12-6-11(22(25,26)27)7-13(8-12)31-15-2-1-4-33(20(15)34)16-9-32(5-3-14(16)21(35)36)19-17(24)18(28)29-10-30-19/h6-8,10,14-16,31H,1-5,9H2,(H,35,36)(H2,28,29,30)/t14?,15-,16+/m1/s1. The third-order valence-electron chi connectivity index (χ3n) is 6.44. The van der Waals surface area contributed by atoms with Crippen molar-refractivity contribution in [2.75, 3.05) is 35.6 Å². The molecule has 2 saturated heterocycles. The highest BCUT2D eigenvalue weighted by atomic mass is 35.5. The van der Waals surface area contributed by atoms with Gasteiger partial charge in [-0.05, 0) is 37.5 Å². The molecule has 4 rings (SSSR count). The number of carbonyl (C=O) groups is 2. The lowest BCUT2D eigenvalue weighted by Gasteiger charge is -2.45. The van der Waals surface area contributed by atoms with E-state index >= 15 is 0 Å². The molecule has 0 radical (unpaired) electrons. The number of nitrogens with zero attached hydrogens (tertiary/aromatic N) is 4. The Kier molecular flexibility index (Phi) is 7.12. The number of nitrogens with two attached hydrogens (primary N) is 1. The van der Waals surface area contributed by atoms with Gasteiger partial charge in [-0.15, -0.1) is 0 Å². The number of nitrogen functional groups attached to an aromatic ring is 1. The van der Waals surface area contributed by atoms with Crippen LogP contribution in [-0.2, 0) is 15.8 Å². The highest BCUT2D eigenvalue weighted by molar-refractivity contribution is 6.31. The van der Waals surface area contributed by atoms with Crippen LogP contribution in [0.5, 0.6) is 0 Å². The minimum atomic E-state index is -4.62. The number of hydrogen-bond donors (Lipinski definition) is 3. The zero-order valence-electron chi connectivity index (χ0n) is 18.8. The summed E-state index contributed by atoms with van der Waals surface area (Å²) in [5.74, 6) is -3.76. The molecule has 3 atom stereocenters. The molecule has 0 spiro atoms. The van der Waals surface area contributed by atoms with Crippen LogP contribution < -0.4 is 16.0 Å². The molecule has 1 unspecified atom stereocenters. The second-order valence-corrected chi connectivity index (χ2v) is 9.18. The van der Waals surface area contributed by atoms with Crippen molar-refractivity contribution in [3.63, 3.8) is 0 Å². The number of aromatic nitrogens is 2. The summed E-state index contributed by atoms with van der Waals surface area (Å²) in [7, 11) is 0. The number of hydrogen-bond acceptors (Lipinski definition) is 7. The van der Waals surface area contributed by atoms with Crippen LogP contribution in [0.25, 0.3) is 0 Å². The first-order chi connectivity index (χ1) is 17.0. The first-order valence-electron chi connectivity index (χ1n) is 11.1. The molecule has 3 heterocycles. The monoisotopic (exact) mass is 530 g/mol. The number of nitrogens with one attached hydrogen (secondary N) is 1. The fourth-order valence-corrected chi connectivity index (χ4v) is 4.96. The molecule has 1 aromatic carbocycles. The van der Waals surface area contributed by atoms with E-state index in [2.05, 4.69) is 15.3 Å². The smallest absolute Gasteiger partial charge is 0.416 e. The number of carboxylic acids is 1. The molecule has 2 aromatic rings. The van der Waals surface area contributed by atoms with Gasteiger partial charge >= 0.3 is 12.1 Å². The number of likely N-dealkylation sites (tertiary alicyclic amines) is 1. The largest absolute Gasteiger partial charge is 0.481 e. The Bertz CT molecular complexity index is 1170. The Morgan fingerprint density at radius 1 is 1.19 bits per heavy atom. The van der Waals surface area contributed by atoms with Gasteiger partial charge in [0.1, 0.15) is 12.4 Å². The molecule has 194 valence electrons. The van der Waals surface area contributed by atoms with Gasteiger partial charge in [0.2, 0.25) is 11.7 Å². The van der Waals surface area contributed by atoms with Crippen LogP contribution in [0.2, 0.25) is 5.02 Å². The van der Waals surface area contributed by atoms with Crippen molar-refractivity contribution in [3.05, 3.63) is 40.9 Å². The summed E-state index contributed by atoms with van der Waals surface area (Å²) in [6.45, 7) is 0.405. The maximum absolute atomic E-state index is 14.6. The third-order valence-corrected chi connectivity index (χ3v) is 6.65. The average Bonchev–Trinajstić information content (AvgIpc) is 2.81. The molecule has 14 heteroatoms. The number of rotatable bonds is 5. The van der Waals surface area contributed by atoms with E-state index in [9.17, 15) is 32.3 Å². The predicted octanol–water partition coefficient (Wildman–Crippen LogP) is 3.25. The van der Waals surface area contributed by atoms with Crippen LogP contribution in [0.3, 0.4) is 0 Å². The number of benzene rings is 1. The summed E-state index contributed by atoms with van der Waals surface area (Å²) in [5.41, 5.74) is 4.60. The average molecular weight is 531 g/mol. The Labute approximate surface area is 208 Å². The molecule has 9 nitrogen and oxygen atoms in total. The normalized spacial score (nSPS) is 23.0. The van der Waals surface area contributed by atoms with Crippen molar-refractivity contribution in [3.8, 4) is 0 Å². The van der Waals surface area contributed by atoms with Gasteiger partial charge in [-0.1, -0.05) is 11.6 Å². The zero-order valence-corrected chi connectivity index (χ0v) is 19.6. The minimum absolute atomic E-state index is 0.0157. The number of halogens is 5. The van der Waals surface area contributed by atoms with Crippen molar-refractivity contribution < 1.29 is 32.3 Å². The molecule has 0 aliphatic carbocycles. The summed E-state index contributed by atoms with van der Waals surface area (Å²) in [6, 6.07) is 1.22. The number of amides is 1. The van der Waals surface area contributed by atoms with E-state index < -0.39 is 47.4 Å². The van der Waals surface area contributed by atoms with Gasteiger partial charge in [0.05, 0.1) is 17.5 Å². The van der Waals surface area contributed by atoms with Crippen molar-refractivity contribution in [2.24, 2.45) is 5.92 Å². The highest BCUT2D eigenvalue weighted by Crippen LogP contribution is 2.35. The molecule has 4 N–H and O–H groups in total. The fraction of sp³-hybridized carbons (Fsp3) is 0.455. The van der Waals surface area contributed by atoms with Crippen molar-refractivity contribution in [1.82, 2.24) is 14.9 Å². The second-order valence-electron chi connectivity index (χ2n) is 8.74. The Morgan fingerprint density at radius 2 is 1.94 bits per heavy atom. The van der Waals surface area contributed by atoms with E-state index in [1.807, 2.05) is 0 Å². The van der Waals surface area contributed by atoms with Gasteiger partial charge < -0.3 is 26.0 Å². The topological polar surface area (TPSA) is 125 Å². The lowest BCUT2D eigenvalue weighted by atomic mass is 9.88. The van der Waals surface area contributed by atoms with Gasteiger partial charge in [-0.2, -0.15) is 17.6 Å². The van der Waals surface area contributed by atoms with Crippen molar-refractivity contribution in [1.29, 1.82) is 0 Å². The molecule has 36 heavy (non-hydrogen) atoms. The van der Waals surface area contributed by atoms with Crippen LogP contribution in [0.4, 0.5) is 34.9 Å². The number of aliphatic carboxylic acids is 1. The fourth-order valence-electron chi connectivity index (χ4n) is 4.72. The van der Waals surface area contributed by atoms with Crippen LogP contribution >= 0.6 is 11.6 Å². The molecule has 2 fully saturated rings. The minimum Gasteiger partial charge on any atom is -0.481 e. The Morgan fingerprint density at radius 3 is 2.64 bits per heavy atom. The van der Waals surface area contributed by atoms with E-state index in [0.29, 0.717) is 12.8 Å². The summed E-state index contributed by atoms with van der Waals surface area (Å²) >= 11 is 5.86. The lowest BCUT2D eigenvalue weighted by Crippen LogP contribution is -2.61. The summed E-state index contributed by atoms with van der Waals surface area (Å²) in [4.78, 5) is 35.9. The van der Waals surface area contributed by atoms with E-state index in [0.717, 1.165) is 18.5 Å². The molecule has 1 amide bonds. The maximum Gasteiger partial charge on any atom is 0.416 e. The Hall–Kier alpha value is -3.35. The SMILES string of the molecule is Nc1ncnc(N2CCC(C(=O)O)[C@@H](N3CCC[C@@H](Nc4cc(Cl)cc(C(F)(F)F)c4)C3=O)C2)c1F. The molecule has 2 aliphatic heterocycles. The van der Waals surface area contributed by atoms with Crippen molar-refractivity contribution >= 4 is 40.8 Å². The number of piperidine rings is 2. The van der Waals surface area contributed by atoms with Gasteiger partial charge in [0.15, 0.2) is 11.6 Å². The first-order valence-corrected chi connectivity index (χ1v) is 11.5. The third kappa shape index (κ3) is 5.25. The van der Waals surface area contributed by atoms with E-state index in [4.69, 9.17) is 17.3 Å². The number of anilines is 3. The van der Waals surface area contributed by atoms with E-state index in [-0.39, 0.29) is 48.4 Å². The number of alkyl halides is 3. The summed E-state index contributed by atoms with van der Waals surface area (Å²) < 4.78 is 54.1. The van der Waals surface area contributed by atoms with Gasteiger partial charge in [-0.3, -0.25) is 9.59 Å². The number of carbonyl (C=O) groups excluding carboxylic acids is 1. The van der Waals surface area contributed by atoms with Gasteiger partial charge in [0.25, 0.3) is 0 Å². The van der Waals surface area contributed by atoms with Gasteiger partial charge in [0, 0.05) is 30.3 Å². The second kappa shape index (κ2) is 9.96. The van der Waals surface area contributed by atoms with Gasteiger partial charge in [-0.25, -0.2) is 9.97 Å². The summed E-state index contributed by atoms with van der Waals surface area (Å²) in [5, 5.41) is 12.5. The maximum atomic E-state index is 14.6. The van der Waals surface area contributed by atoms with E-state index in [1.54, 1.807) is 0 Å². The van der Waals surface area contributed by atoms with Crippen LogP contribution in [0.15, 0.2) is 24.5 Å². The zero-order chi connectivity index (χ0) is 26.2. The number of carboxylic acid groups (broad SMARTS) is 1. The van der Waals surface area contributed by atoms with Crippen LogP contribution in [0, 0.1) is 11.7 Å². The van der Waals surface area contributed by atoms with Crippen LogP contribution in [-0.4, -0.2) is 63.6 Å².